The number of nitrogens with zero attached hydrogens (tertiary/aromatic N) is 3. The number of aromatic nitrogens is 3. The topological polar surface area (TPSA) is 59.8 Å². The van der Waals surface area contributed by atoms with E-state index in [1.165, 1.54) is 6.33 Å². The Balaban J connectivity index is 2.01. The molecule has 1 heterocycles. The van der Waals surface area contributed by atoms with Gasteiger partial charge in [-0.15, -0.1) is 10.2 Å². The minimum Gasteiger partial charge on any atom is -0.346 e. The number of amides is 1. The lowest BCUT2D eigenvalue weighted by molar-refractivity contribution is -0.136. The molecule has 0 radical (unpaired) electrons. The Labute approximate surface area is 135 Å². The average molecular weight is 344 g/mol. The van der Waals surface area contributed by atoms with Gasteiger partial charge < -0.3 is 5.32 Å². The van der Waals surface area contributed by atoms with Crippen molar-refractivity contribution in [1.82, 2.24) is 20.1 Å². The molecular formula is C14H15F3N4OS. The summed E-state index contributed by atoms with van der Waals surface area (Å²) in [6.07, 6.45) is -2.92. The summed E-state index contributed by atoms with van der Waals surface area (Å²) < 4.78 is 37.8. The highest BCUT2D eigenvalue weighted by Gasteiger charge is 2.27. The van der Waals surface area contributed by atoms with Gasteiger partial charge in [0.1, 0.15) is 12.9 Å². The van der Waals surface area contributed by atoms with Crippen molar-refractivity contribution in [2.75, 3.05) is 12.3 Å². The van der Waals surface area contributed by atoms with Gasteiger partial charge >= 0.3 is 6.18 Å². The van der Waals surface area contributed by atoms with Gasteiger partial charge in [0.15, 0.2) is 5.16 Å². The van der Waals surface area contributed by atoms with Crippen LogP contribution in [0.5, 0.6) is 0 Å². The molecule has 0 saturated heterocycles. The molecular weight excluding hydrogens is 329 g/mol. The molecule has 2 aromatic rings. The fourth-order valence-corrected chi connectivity index (χ4v) is 2.51. The van der Waals surface area contributed by atoms with E-state index < -0.39 is 18.6 Å². The third-order valence-corrected chi connectivity index (χ3v) is 4.05. The first kappa shape index (κ1) is 17.3. The zero-order chi connectivity index (χ0) is 17.0. The number of carbonyl (C=O) groups is 1. The molecule has 0 spiro atoms. The summed E-state index contributed by atoms with van der Waals surface area (Å²) >= 11 is 1.03. The molecule has 0 aliphatic heterocycles. The predicted octanol–water partition coefficient (Wildman–Crippen LogP) is 2.65. The maximum atomic E-state index is 12.0. The van der Waals surface area contributed by atoms with Crippen molar-refractivity contribution in [3.8, 4) is 5.69 Å². The first-order valence-corrected chi connectivity index (χ1v) is 7.69. The number of rotatable bonds is 5. The molecule has 1 N–H and O–H groups in total. The zero-order valence-corrected chi connectivity index (χ0v) is 13.3. The summed E-state index contributed by atoms with van der Waals surface area (Å²) in [5, 5.41) is 9.95. The predicted molar refractivity (Wildman–Crippen MR) is 80.6 cm³/mol. The van der Waals surface area contributed by atoms with Gasteiger partial charge in [-0.25, -0.2) is 0 Å². The minimum absolute atomic E-state index is 0.167. The third-order valence-electron chi connectivity index (χ3n) is 3.10. The van der Waals surface area contributed by atoms with E-state index in [9.17, 15) is 18.0 Å². The maximum Gasteiger partial charge on any atom is 0.405 e. The molecule has 0 atom stereocenters. The van der Waals surface area contributed by atoms with Gasteiger partial charge in [-0.2, -0.15) is 13.2 Å². The number of halogens is 3. The second-order valence-electron chi connectivity index (χ2n) is 4.93. The number of carbonyl (C=O) groups excluding carboxylic acids is 1. The summed E-state index contributed by atoms with van der Waals surface area (Å²) in [5.74, 6) is -0.874. The largest absolute Gasteiger partial charge is 0.405 e. The molecule has 1 aromatic heterocycles. The van der Waals surface area contributed by atoms with E-state index in [1.54, 1.807) is 4.57 Å². The van der Waals surface area contributed by atoms with Crippen LogP contribution < -0.4 is 5.32 Å². The van der Waals surface area contributed by atoms with Crippen LogP contribution in [0.4, 0.5) is 13.2 Å². The number of hydrogen-bond donors (Lipinski definition) is 1. The van der Waals surface area contributed by atoms with Crippen LogP contribution in [0.15, 0.2) is 29.7 Å². The average Bonchev–Trinajstić information content (AvgIpc) is 2.93. The number of benzene rings is 1. The van der Waals surface area contributed by atoms with Gasteiger partial charge in [-0.3, -0.25) is 9.36 Å². The quantitative estimate of drug-likeness (QED) is 0.847. The van der Waals surface area contributed by atoms with Crippen molar-refractivity contribution in [3.63, 3.8) is 0 Å². The Kier molecular flexibility index (Phi) is 5.30. The van der Waals surface area contributed by atoms with Crippen LogP contribution in [-0.2, 0) is 4.79 Å². The van der Waals surface area contributed by atoms with Gasteiger partial charge in [-0.1, -0.05) is 17.8 Å². The summed E-state index contributed by atoms with van der Waals surface area (Å²) in [4.78, 5) is 11.4. The van der Waals surface area contributed by atoms with Crippen LogP contribution in [0.1, 0.15) is 11.1 Å². The van der Waals surface area contributed by atoms with Crippen LogP contribution in [0, 0.1) is 13.8 Å². The van der Waals surface area contributed by atoms with Gasteiger partial charge in [-0.05, 0) is 37.1 Å². The molecule has 124 valence electrons. The van der Waals surface area contributed by atoms with E-state index in [4.69, 9.17) is 0 Å². The highest BCUT2D eigenvalue weighted by Crippen LogP contribution is 2.21. The Morgan fingerprint density at radius 3 is 2.70 bits per heavy atom. The molecule has 0 bridgehead atoms. The highest BCUT2D eigenvalue weighted by atomic mass is 32.2. The first-order valence-electron chi connectivity index (χ1n) is 6.70. The van der Waals surface area contributed by atoms with Crippen molar-refractivity contribution < 1.29 is 18.0 Å². The minimum atomic E-state index is -4.42. The lowest BCUT2D eigenvalue weighted by Crippen LogP contribution is -2.34. The van der Waals surface area contributed by atoms with Crippen molar-refractivity contribution in [1.29, 1.82) is 0 Å². The molecule has 1 amide bonds. The van der Waals surface area contributed by atoms with Crippen LogP contribution in [0.2, 0.25) is 0 Å². The number of alkyl halides is 3. The fraction of sp³-hybridized carbons (Fsp3) is 0.357. The van der Waals surface area contributed by atoms with E-state index in [0.717, 1.165) is 28.6 Å². The normalized spacial score (nSPS) is 11.5. The van der Waals surface area contributed by atoms with Crippen LogP contribution in [0.25, 0.3) is 5.69 Å². The Morgan fingerprint density at radius 2 is 2.04 bits per heavy atom. The Bertz CT molecular complexity index is 700. The smallest absolute Gasteiger partial charge is 0.346 e. The molecule has 0 unspecified atom stereocenters. The van der Waals surface area contributed by atoms with Crippen molar-refractivity contribution in [3.05, 3.63) is 35.7 Å². The fourth-order valence-electron chi connectivity index (χ4n) is 1.76. The van der Waals surface area contributed by atoms with Crippen molar-refractivity contribution in [2.24, 2.45) is 0 Å². The molecule has 9 heteroatoms. The SMILES string of the molecule is Cc1ccc(-n2cnnc2SCC(=O)NCC(F)(F)F)cc1C. The van der Waals surface area contributed by atoms with Gasteiger partial charge in [0.2, 0.25) is 5.91 Å². The van der Waals surface area contributed by atoms with Crippen LogP contribution >= 0.6 is 11.8 Å². The number of hydrogen-bond acceptors (Lipinski definition) is 4. The molecule has 0 aliphatic rings. The molecule has 2 rings (SSSR count). The van der Waals surface area contributed by atoms with Gasteiger partial charge in [0.25, 0.3) is 0 Å². The number of aryl methyl sites for hydroxylation is 2. The van der Waals surface area contributed by atoms with Crippen molar-refractivity contribution >= 4 is 17.7 Å². The summed E-state index contributed by atoms with van der Waals surface area (Å²) in [6.45, 7) is 2.63. The molecule has 23 heavy (non-hydrogen) atoms. The highest BCUT2D eigenvalue weighted by molar-refractivity contribution is 7.99. The lowest BCUT2D eigenvalue weighted by atomic mass is 10.1. The van der Waals surface area contributed by atoms with Crippen LogP contribution in [-0.4, -0.2) is 39.1 Å². The standard InChI is InChI=1S/C14H15F3N4OS/c1-9-3-4-11(5-10(9)2)21-8-19-20-13(21)23-6-12(22)18-7-14(15,16)17/h3-5,8H,6-7H2,1-2H3,(H,18,22). The summed E-state index contributed by atoms with van der Waals surface area (Å²) in [7, 11) is 0. The second kappa shape index (κ2) is 7.03. The van der Waals surface area contributed by atoms with E-state index in [2.05, 4.69) is 10.2 Å². The first-order chi connectivity index (χ1) is 10.8. The van der Waals surface area contributed by atoms with Crippen LogP contribution in [0.3, 0.4) is 0 Å². The van der Waals surface area contributed by atoms with E-state index >= 15 is 0 Å². The van der Waals surface area contributed by atoms with Crippen molar-refractivity contribution in [2.45, 2.75) is 25.2 Å². The lowest BCUT2D eigenvalue weighted by Gasteiger charge is -2.09. The molecule has 0 saturated carbocycles. The van der Waals surface area contributed by atoms with E-state index in [0.29, 0.717) is 5.16 Å². The van der Waals surface area contributed by atoms with E-state index in [-0.39, 0.29) is 5.75 Å². The molecule has 1 aromatic carbocycles. The summed E-state index contributed by atoms with van der Waals surface area (Å²) in [6, 6.07) is 5.79. The van der Waals surface area contributed by atoms with Gasteiger partial charge in [0.05, 0.1) is 5.75 Å². The number of thioether (sulfide) groups is 1. The second-order valence-corrected chi connectivity index (χ2v) is 5.88. The Morgan fingerprint density at radius 1 is 1.30 bits per heavy atom. The molecule has 0 aliphatic carbocycles. The van der Waals surface area contributed by atoms with Gasteiger partial charge in [0, 0.05) is 5.69 Å². The number of nitrogens with one attached hydrogen (secondary N) is 1. The monoisotopic (exact) mass is 344 g/mol. The maximum absolute atomic E-state index is 12.0. The van der Waals surface area contributed by atoms with E-state index in [1.807, 2.05) is 37.4 Å². The summed E-state index contributed by atoms with van der Waals surface area (Å²) in [5.41, 5.74) is 3.06. The zero-order valence-electron chi connectivity index (χ0n) is 12.5. The Hall–Kier alpha value is -2.03. The molecule has 0 fully saturated rings. The molecule has 5 nitrogen and oxygen atoms in total. The third kappa shape index (κ3) is 4.98.